The van der Waals surface area contributed by atoms with E-state index in [2.05, 4.69) is 4.90 Å². The molecule has 86 valence electrons. The van der Waals surface area contributed by atoms with E-state index in [1.807, 2.05) is 0 Å². The van der Waals surface area contributed by atoms with Gasteiger partial charge in [0.25, 0.3) is 0 Å². The first-order valence-electron chi connectivity index (χ1n) is 5.43. The van der Waals surface area contributed by atoms with Gasteiger partial charge in [-0.2, -0.15) is 0 Å². The summed E-state index contributed by atoms with van der Waals surface area (Å²) in [6, 6.07) is -0.321. The second-order valence-electron chi connectivity index (χ2n) is 4.02. The lowest BCUT2D eigenvalue weighted by molar-refractivity contribution is -0.124. The summed E-state index contributed by atoms with van der Waals surface area (Å²) >= 11 is 0. The predicted molar refractivity (Wildman–Crippen MR) is 56.8 cm³/mol. The quantitative estimate of drug-likeness (QED) is 0.650. The fourth-order valence-corrected chi connectivity index (χ4v) is 2.01. The molecule has 1 heterocycles. The molecule has 1 fully saturated rings. The molecule has 2 amide bonds. The maximum absolute atomic E-state index is 11.2. The fraction of sp³-hybridized carbons (Fsp3) is 0.800. The Morgan fingerprint density at radius 2 is 1.73 bits per heavy atom. The molecule has 1 aliphatic heterocycles. The van der Waals surface area contributed by atoms with E-state index in [0.29, 0.717) is 6.42 Å². The number of carbonyl (C=O) groups is 2. The van der Waals surface area contributed by atoms with Crippen LogP contribution in [0.15, 0.2) is 0 Å². The highest BCUT2D eigenvalue weighted by Crippen LogP contribution is 2.15. The number of nitrogens with two attached hydrogens (primary N) is 2. The maximum Gasteiger partial charge on any atom is 0.234 e. The topological polar surface area (TPSA) is 89.4 Å². The third-order valence-electron chi connectivity index (χ3n) is 2.82. The van der Waals surface area contributed by atoms with Crippen LogP contribution in [-0.4, -0.2) is 35.8 Å². The van der Waals surface area contributed by atoms with E-state index in [0.717, 1.165) is 25.9 Å². The van der Waals surface area contributed by atoms with Gasteiger partial charge in [0.1, 0.15) is 0 Å². The lowest BCUT2D eigenvalue weighted by Gasteiger charge is -2.32. The molecule has 1 unspecified atom stereocenters. The first-order chi connectivity index (χ1) is 7.11. The zero-order valence-electron chi connectivity index (χ0n) is 8.95. The van der Waals surface area contributed by atoms with Gasteiger partial charge in [-0.15, -0.1) is 0 Å². The first-order valence-corrected chi connectivity index (χ1v) is 5.43. The van der Waals surface area contributed by atoms with Gasteiger partial charge in [0.2, 0.25) is 11.8 Å². The molecular weight excluding hydrogens is 194 g/mol. The molecule has 0 radical (unpaired) electrons. The highest BCUT2D eigenvalue weighted by molar-refractivity contribution is 5.81. The van der Waals surface area contributed by atoms with Gasteiger partial charge in [-0.1, -0.05) is 6.42 Å². The van der Waals surface area contributed by atoms with Crippen molar-refractivity contribution in [3.8, 4) is 0 Å². The van der Waals surface area contributed by atoms with Crippen molar-refractivity contribution in [2.24, 2.45) is 11.5 Å². The molecule has 0 bridgehead atoms. The number of rotatable bonds is 5. The average molecular weight is 213 g/mol. The van der Waals surface area contributed by atoms with Gasteiger partial charge >= 0.3 is 0 Å². The molecule has 0 saturated carbocycles. The van der Waals surface area contributed by atoms with Crippen LogP contribution in [0.1, 0.15) is 32.1 Å². The van der Waals surface area contributed by atoms with Crippen LogP contribution < -0.4 is 11.5 Å². The van der Waals surface area contributed by atoms with E-state index in [-0.39, 0.29) is 24.3 Å². The Hall–Kier alpha value is -1.10. The van der Waals surface area contributed by atoms with E-state index < -0.39 is 0 Å². The van der Waals surface area contributed by atoms with Gasteiger partial charge in [0.05, 0.1) is 6.04 Å². The van der Waals surface area contributed by atoms with Gasteiger partial charge in [-0.3, -0.25) is 14.5 Å². The number of hydrogen-bond acceptors (Lipinski definition) is 3. The predicted octanol–water partition coefficient (Wildman–Crippen LogP) is -0.408. The van der Waals surface area contributed by atoms with Crippen LogP contribution in [0, 0.1) is 0 Å². The average Bonchev–Trinajstić information content (AvgIpc) is 2.18. The Bertz CT molecular complexity index is 237. The zero-order chi connectivity index (χ0) is 11.3. The monoisotopic (exact) mass is 213 g/mol. The van der Waals surface area contributed by atoms with Gasteiger partial charge in [0, 0.05) is 6.42 Å². The Morgan fingerprint density at radius 3 is 2.20 bits per heavy atom. The van der Waals surface area contributed by atoms with Crippen molar-refractivity contribution < 1.29 is 9.59 Å². The summed E-state index contributed by atoms with van der Waals surface area (Å²) in [7, 11) is 0. The van der Waals surface area contributed by atoms with E-state index in [4.69, 9.17) is 11.5 Å². The SMILES string of the molecule is NC(=O)CCC(C(N)=O)N1CCCCC1. The number of carbonyl (C=O) groups excluding carboxylic acids is 2. The van der Waals surface area contributed by atoms with E-state index >= 15 is 0 Å². The summed E-state index contributed by atoms with van der Waals surface area (Å²) in [6.07, 6.45) is 4.08. The van der Waals surface area contributed by atoms with Crippen LogP contribution in [0.4, 0.5) is 0 Å². The third-order valence-corrected chi connectivity index (χ3v) is 2.82. The van der Waals surface area contributed by atoms with Gasteiger partial charge < -0.3 is 11.5 Å². The maximum atomic E-state index is 11.2. The Labute approximate surface area is 89.8 Å². The Kier molecular flexibility index (Phi) is 4.55. The first kappa shape index (κ1) is 12.0. The smallest absolute Gasteiger partial charge is 0.234 e. The number of nitrogens with zero attached hydrogens (tertiary/aromatic N) is 1. The van der Waals surface area contributed by atoms with Crippen molar-refractivity contribution in [1.82, 2.24) is 4.90 Å². The molecule has 15 heavy (non-hydrogen) atoms. The van der Waals surface area contributed by atoms with Crippen LogP contribution in [0.25, 0.3) is 0 Å². The summed E-state index contributed by atoms with van der Waals surface area (Å²) in [5.41, 5.74) is 10.4. The van der Waals surface area contributed by atoms with E-state index in [1.54, 1.807) is 0 Å². The molecule has 1 rings (SSSR count). The lowest BCUT2D eigenvalue weighted by Crippen LogP contribution is -2.47. The van der Waals surface area contributed by atoms with Crippen LogP contribution in [0.2, 0.25) is 0 Å². The largest absolute Gasteiger partial charge is 0.370 e. The highest BCUT2D eigenvalue weighted by Gasteiger charge is 2.25. The van der Waals surface area contributed by atoms with Crippen LogP contribution in [0.5, 0.6) is 0 Å². The molecule has 4 N–H and O–H groups in total. The van der Waals surface area contributed by atoms with Gasteiger partial charge in [-0.25, -0.2) is 0 Å². The Morgan fingerprint density at radius 1 is 1.13 bits per heavy atom. The van der Waals surface area contributed by atoms with Crippen molar-refractivity contribution in [1.29, 1.82) is 0 Å². The molecule has 0 aromatic rings. The third kappa shape index (κ3) is 3.87. The summed E-state index contributed by atoms with van der Waals surface area (Å²) in [5.74, 6) is -0.726. The van der Waals surface area contributed by atoms with Gasteiger partial charge in [-0.05, 0) is 32.4 Å². The van der Waals surface area contributed by atoms with Crippen molar-refractivity contribution in [3.05, 3.63) is 0 Å². The van der Waals surface area contributed by atoms with Crippen molar-refractivity contribution >= 4 is 11.8 Å². The van der Waals surface area contributed by atoms with Crippen LogP contribution >= 0.6 is 0 Å². The molecule has 1 aliphatic rings. The van der Waals surface area contributed by atoms with Crippen LogP contribution in [-0.2, 0) is 9.59 Å². The van der Waals surface area contributed by atoms with E-state index in [1.165, 1.54) is 6.42 Å². The summed E-state index contributed by atoms with van der Waals surface area (Å²) < 4.78 is 0. The molecule has 0 aromatic carbocycles. The lowest BCUT2D eigenvalue weighted by atomic mass is 10.0. The molecule has 1 saturated heterocycles. The van der Waals surface area contributed by atoms with E-state index in [9.17, 15) is 9.59 Å². The molecule has 1 atom stereocenters. The summed E-state index contributed by atoms with van der Waals surface area (Å²) in [5, 5.41) is 0. The molecule has 0 aliphatic carbocycles. The minimum Gasteiger partial charge on any atom is -0.370 e. The van der Waals surface area contributed by atoms with Crippen molar-refractivity contribution in [3.63, 3.8) is 0 Å². The van der Waals surface area contributed by atoms with Crippen molar-refractivity contribution in [2.75, 3.05) is 13.1 Å². The Balaban J connectivity index is 2.48. The van der Waals surface area contributed by atoms with Crippen molar-refractivity contribution in [2.45, 2.75) is 38.1 Å². The minimum atomic E-state index is -0.377. The molecule has 0 aromatic heterocycles. The normalized spacial score (nSPS) is 19.7. The molecule has 0 spiro atoms. The number of primary amides is 2. The molecule has 5 heteroatoms. The summed E-state index contributed by atoms with van der Waals surface area (Å²) in [6.45, 7) is 1.79. The van der Waals surface area contributed by atoms with Crippen LogP contribution in [0.3, 0.4) is 0 Å². The standard InChI is InChI=1S/C10H19N3O2/c11-9(14)5-4-8(10(12)15)13-6-2-1-3-7-13/h8H,1-7H2,(H2,11,14)(H2,12,15). The van der Waals surface area contributed by atoms with Gasteiger partial charge in [0.15, 0.2) is 0 Å². The number of piperidine rings is 1. The molecule has 5 nitrogen and oxygen atoms in total. The zero-order valence-corrected chi connectivity index (χ0v) is 8.95. The second kappa shape index (κ2) is 5.70. The second-order valence-corrected chi connectivity index (χ2v) is 4.02. The number of amides is 2. The summed E-state index contributed by atoms with van der Waals surface area (Å²) in [4.78, 5) is 24.0. The number of hydrogen-bond donors (Lipinski definition) is 2. The minimum absolute atomic E-state index is 0.226. The highest BCUT2D eigenvalue weighted by atomic mass is 16.2. The molecular formula is C10H19N3O2. The fourth-order valence-electron chi connectivity index (χ4n) is 2.01. The number of likely N-dealkylation sites (tertiary alicyclic amines) is 1.